The van der Waals surface area contributed by atoms with Gasteiger partial charge in [-0.05, 0) is 137 Å². The molecule has 3 aromatic heterocycles. The van der Waals surface area contributed by atoms with E-state index in [2.05, 4.69) is 292 Å². The maximum Gasteiger partial charge on any atom is 0.241 e. The van der Waals surface area contributed by atoms with Gasteiger partial charge in [0.1, 0.15) is 0 Å². The fourth-order valence-electron chi connectivity index (χ4n) is 13.0. The fraction of sp³-hybridized carbons (Fsp3) is 0. The second kappa shape index (κ2) is 20.8. The highest BCUT2D eigenvalue weighted by Crippen LogP contribution is 2.44. The molecule has 2 aliphatic heterocycles. The predicted octanol–water partition coefficient (Wildman–Crippen LogP) is 11.8. The Morgan fingerprint density at radius 1 is 0.253 bits per heavy atom. The van der Waals surface area contributed by atoms with E-state index in [9.17, 15) is 0 Å². The maximum absolute atomic E-state index is 5.86. The lowest BCUT2D eigenvalue weighted by atomic mass is 10.1. The van der Waals surface area contributed by atoms with Crippen molar-refractivity contribution in [3.8, 4) is 22.3 Å². The van der Waals surface area contributed by atoms with Crippen molar-refractivity contribution in [3.63, 3.8) is 0 Å². The van der Waals surface area contributed by atoms with Gasteiger partial charge >= 0.3 is 0 Å². The average Bonchev–Trinajstić information content (AvgIpc) is 2.87. The van der Waals surface area contributed by atoms with E-state index in [0.29, 0.717) is 17.8 Å². The highest BCUT2D eigenvalue weighted by atomic mass is 28.3. The first-order valence-corrected chi connectivity index (χ1v) is 32.0. The Morgan fingerprint density at radius 2 is 0.518 bits per heavy atom. The van der Waals surface area contributed by atoms with Gasteiger partial charge in [0.25, 0.3) is 0 Å². The Morgan fingerprint density at radius 3 is 0.819 bits per heavy atom. The first kappa shape index (κ1) is 49.4. The van der Waals surface area contributed by atoms with Crippen LogP contribution in [0.2, 0.25) is 0 Å². The van der Waals surface area contributed by atoms with Crippen molar-refractivity contribution in [3.05, 3.63) is 316 Å². The molecule has 83 heavy (non-hydrogen) atoms. The number of aromatic nitrogens is 5. The third-order valence-electron chi connectivity index (χ3n) is 16.5. The van der Waals surface area contributed by atoms with Crippen LogP contribution in [0.4, 0.5) is 52.0 Å². The molecular formula is C73H52N8Si2. The Labute approximate surface area is 484 Å². The van der Waals surface area contributed by atoms with Gasteiger partial charge in [0.05, 0.1) is 0 Å². The van der Waals surface area contributed by atoms with Gasteiger partial charge < -0.3 is 0 Å². The summed E-state index contributed by atoms with van der Waals surface area (Å²) >= 11 is 0. The highest BCUT2D eigenvalue weighted by Gasteiger charge is 2.51. The number of pyridine rings is 2. The van der Waals surface area contributed by atoms with E-state index in [4.69, 9.17) is 15.0 Å². The van der Waals surface area contributed by atoms with E-state index in [0.717, 1.165) is 56.4 Å². The van der Waals surface area contributed by atoms with Crippen LogP contribution in [0, 0.1) is 0 Å². The van der Waals surface area contributed by atoms with Crippen LogP contribution >= 0.6 is 0 Å². The molecule has 15 rings (SSSR count). The molecule has 0 fully saturated rings. The molecule has 5 heterocycles. The summed E-state index contributed by atoms with van der Waals surface area (Å²) in [5, 5.41) is 10.1. The molecule has 10 heteroatoms. The lowest BCUT2D eigenvalue weighted by Crippen LogP contribution is -2.77. The number of rotatable bonds is 11. The van der Waals surface area contributed by atoms with Crippen LogP contribution in [-0.2, 0) is 0 Å². The standard InChI is InChI=1S/C73H52N8Si2/c1-5-21-59(22-6-1)82(60-23-7-2-8-24-60)67-33-17-13-29-63(67)80(64-30-14-18-34-68(64)82)72-76-71(79(57-41-37-53(38-42-57)55-45-49-74-50-46-55)58-43-39-54(40-44-58)56-47-51-75-52-48-56)77-73(78-72)81-65-31-15-19-35-69(65)83(61-25-9-3-10-26-61,62-27-11-4-12-28-62)70-36-20-16-32-66(70)81/h1-52H. The Kier molecular flexibility index (Phi) is 12.4. The second-order valence-electron chi connectivity index (χ2n) is 20.8. The van der Waals surface area contributed by atoms with Gasteiger partial charge in [0, 0.05) is 58.9 Å². The molecule has 0 amide bonds. The molecule has 2 aliphatic rings. The molecule has 8 nitrogen and oxygen atoms in total. The summed E-state index contributed by atoms with van der Waals surface area (Å²) in [7, 11) is -6.03. The van der Waals surface area contributed by atoms with E-state index < -0.39 is 16.1 Å². The van der Waals surface area contributed by atoms with Crippen LogP contribution in [0.25, 0.3) is 22.3 Å². The summed E-state index contributed by atoms with van der Waals surface area (Å²) < 4.78 is 0. The molecule has 0 radical (unpaired) electrons. The minimum absolute atomic E-state index is 0.448. The molecule has 0 spiro atoms. The van der Waals surface area contributed by atoms with Crippen molar-refractivity contribution in [2.75, 3.05) is 14.7 Å². The van der Waals surface area contributed by atoms with Gasteiger partial charge in [0.15, 0.2) is 16.1 Å². The van der Waals surface area contributed by atoms with E-state index in [1.54, 1.807) is 0 Å². The smallest absolute Gasteiger partial charge is 0.241 e. The summed E-state index contributed by atoms with van der Waals surface area (Å²) in [5.74, 6) is 1.41. The Hall–Kier alpha value is -10.7. The van der Waals surface area contributed by atoms with Crippen LogP contribution in [-0.4, -0.2) is 41.1 Å². The molecule has 0 unspecified atom stereocenters. The maximum atomic E-state index is 5.86. The quantitative estimate of drug-likeness (QED) is 0.119. The molecule has 13 aromatic rings. The summed E-state index contributed by atoms with van der Waals surface area (Å²) in [6.45, 7) is 0. The number of para-hydroxylation sites is 4. The fourth-order valence-corrected chi connectivity index (χ4v) is 23.2. The molecule has 10 aromatic carbocycles. The summed E-state index contributed by atoms with van der Waals surface area (Å²) in [5.41, 5.74) is 10.1. The van der Waals surface area contributed by atoms with E-state index in [1.165, 1.54) is 41.5 Å². The summed E-state index contributed by atoms with van der Waals surface area (Å²) in [4.78, 5) is 32.9. The normalized spacial score (nSPS) is 13.4. The van der Waals surface area contributed by atoms with E-state index in [-0.39, 0.29) is 0 Å². The molecule has 0 N–H and O–H groups in total. The third-order valence-corrected chi connectivity index (χ3v) is 26.2. The minimum atomic E-state index is -3.02. The number of hydrogen-bond acceptors (Lipinski definition) is 8. The van der Waals surface area contributed by atoms with Gasteiger partial charge in [-0.2, -0.15) is 15.0 Å². The van der Waals surface area contributed by atoms with E-state index in [1.807, 2.05) is 49.1 Å². The van der Waals surface area contributed by atoms with Crippen molar-refractivity contribution in [2.24, 2.45) is 0 Å². The Balaban J connectivity index is 1.02. The number of fused-ring (bicyclic) bond motifs is 4. The minimum Gasteiger partial charge on any atom is -0.279 e. The zero-order valence-electron chi connectivity index (χ0n) is 45.1. The molecule has 0 atom stereocenters. The van der Waals surface area contributed by atoms with Crippen LogP contribution in [0.3, 0.4) is 0 Å². The zero-order chi connectivity index (χ0) is 55.2. The molecule has 0 bridgehead atoms. The van der Waals surface area contributed by atoms with Crippen molar-refractivity contribution in [1.29, 1.82) is 0 Å². The van der Waals surface area contributed by atoms with Crippen molar-refractivity contribution in [1.82, 2.24) is 24.9 Å². The first-order valence-electron chi connectivity index (χ1n) is 28.0. The lowest BCUT2D eigenvalue weighted by molar-refractivity contribution is 0.963. The third kappa shape index (κ3) is 8.14. The summed E-state index contributed by atoms with van der Waals surface area (Å²) in [6, 6.07) is 106. The van der Waals surface area contributed by atoms with Gasteiger partial charge in [0.2, 0.25) is 17.8 Å². The molecule has 0 aliphatic carbocycles. The molecule has 392 valence electrons. The van der Waals surface area contributed by atoms with Crippen LogP contribution in [0.1, 0.15) is 0 Å². The van der Waals surface area contributed by atoms with Crippen LogP contribution < -0.4 is 56.2 Å². The zero-order valence-corrected chi connectivity index (χ0v) is 47.1. The van der Waals surface area contributed by atoms with Gasteiger partial charge in [-0.3, -0.25) is 24.7 Å². The number of benzene rings is 10. The van der Waals surface area contributed by atoms with Gasteiger partial charge in [-0.25, -0.2) is 0 Å². The molecule has 0 saturated carbocycles. The number of nitrogens with zero attached hydrogens (tertiary/aromatic N) is 8. The SMILES string of the molecule is c1ccc([Si]2(c3ccccc3)c3ccccc3N(c3nc(N(c4ccc(-c5ccncc5)cc4)c4ccc(-c5ccncc5)cc4)nc(N4c5ccccc5[Si](c5ccccc5)(c5ccccc5)c5ccccc54)n3)c3ccccc32)cc1. The van der Waals surface area contributed by atoms with E-state index >= 15 is 0 Å². The second-order valence-corrected chi connectivity index (χ2v) is 28.3. The van der Waals surface area contributed by atoms with Gasteiger partial charge in [-0.15, -0.1) is 0 Å². The monoisotopic (exact) mass is 1100 g/mol. The molecular weight excluding hydrogens is 1050 g/mol. The number of hydrogen-bond donors (Lipinski definition) is 0. The average molecular weight is 1100 g/mol. The Bertz CT molecular complexity index is 3990. The molecule has 0 saturated heterocycles. The highest BCUT2D eigenvalue weighted by molar-refractivity contribution is 7.22. The van der Waals surface area contributed by atoms with Crippen molar-refractivity contribution >= 4 is 110 Å². The first-order chi connectivity index (χ1) is 41.2. The van der Waals surface area contributed by atoms with Crippen molar-refractivity contribution < 1.29 is 0 Å². The van der Waals surface area contributed by atoms with Gasteiger partial charge in [-0.1, -0.05) is 218 Å². The largest absolute Gasteiger partial charge is 0.279 e. The number of anilines is 9. The van der Waals surface area contributed by atoms with Crippen molar-refractivity contribution in [2.45, 2.75) is 0 Å². The topological polar surface area (TPSA) is 74.2 Å². The lowest BCUT2D eigenvalue weighted by Gasteiger charge is -2.45. The van der Waals surface area contributed by atoms with Crippen LogP contribution in [0.5, 0.6) is 0 Å². The predicted molar refractivity (Wildman–Crippen MR) is 345 cm³/mol. The van der Waals surface area contributed by atoms with Crippen LogP contribution in [0.15, 0.2) is 316 Å². The summed E-state index contributed by atoms with van der Waals surface area (Å²) in [6.07, 6.45) is 7.33.